The maximum atomic E-state index is 14.7. The summed E-state index contributed by atoms with van der Waals surface area (Å²) in [7, 11) is 0. The van der Waals surface area contributed by atoms with Crippen LogP contribution < -0.4 is 10.2 Å². The minimum Gasteiger partial charge on any atom is -0.411 e. The third-order valence-corrected chi connectivity index (χ3v) is 6.21. The highest BCUT2D eigenvalue weighted by atomic mass is 19.1. The van der Waals surface area contributed by atoms with Crippen molar-refractivity contribution in [2.75, 3.05) is 29.9 Å². The van der Waals surface area contributed by atoms with Gasteiger partial charge in [0.15, 0.2) is 0 Å². The number of oxime groups is 1. The summed E-state index contributed by atoms with van der Waals surface area (Å²) in [5, 5.41) is 14.0. The molecule has 0 spiro atoms. The maximum absolute atomic E-state index is 14.7. The molecule has 3 aromatic rings. The molecule has 0 radical (unpaired) electrons. The topological polar surface area (TPSA) is 73.6 Å². The molecule has 0 aliphatic carbocycles. The number of aromatic nitrogens is 2. The molecule has 1 aromatic heterocycles. The smallest absolute Gasteiger partial charge is 0.225 e. The molecule has 2 heterocycles. The zero-order valence-electron chi connectivity index (χ0n) is 19.1. The van der Waals surface area contributed by atoms with Crippen LogP contribution in [0.4, 0.5) is 29.2 Å². The van der Waals surface area contributed by atoms with E-state index in [0.29, 0.717) is 18.7 Å². The minimum atomic E-state index is -1.01. The van der Waals surface area contributed by atoms with Gasteiger partial charge in [-0.15, -0.1) is 0 Å². The van der Waals surface area contributed by atoms with Crippen molar-refractivity contribution in [3.05, 3.63) is 71.1 Å². The van der Waals surface area contributed by atoms with Gasteiger partial charge in [-0.1, -0.05) is 12.1 Å². The Kier molecular flexibility index (Phi) is 7.48. The van der Waals surface area contributed by atoms with Gasteiger partial charge in [-0.2, -0.15) is 0 Å². The summed E-state index contributed by atoms with van der Waals surface area (Å²) < 4.78 is 57.7. The van der Waals surface area contributed by atoms with E-state index in [1.54, 1.807) is 0 Å². The van der Waals surface area contributed by atoms with E-state index < -0.39 is 28.8 Å². The van der Waals surface area contributed by atoms with Gasteiger partial charge in [-0.05, 0) is 66.1 Å². The van der Waals surface area contributed by atoms with Crippen molar-refractivity contribution >= 4 is 17.9 Å². The first-order valence-electron chi connectivity index (χ1n) is 11.3. The molecule has 2 aromatic carbocycles. The fourth-order valence-electron chi connectivity index (χ4n) is 4.12. The van der Waals surface area contributed by atoms with Gasteiger partial charge in [-0.25, -0.2) is 27.5 Å². The van der Waals surface area contributed by atoms with Crippen molar-refractivity contribution in [2.24, 2.45) is 11.1 Å². The second-order valence-corrected chi connectivity index (χ2v) is 8.47. The SMILES string of the molecule is CCc1cnc(N2CCC(CNc3c(F)cc(-c4cc(F)c(/C=N/O)c(F)c4)cc3F)CC2)nc1. The molecule has 0 saturated carbocycles. The third kappa shape index (κ3) is 5.52. The van der Waals surface area contributed by atoms with Crippen LogP contribution in [0.5, 0.6) is 0 Å². The van der Waals surface area contributed by atoms with Crippen LogP contribution in [0.2, 0.25) is 0 Å². The predicted molar refractivity (Wildman–Crippen MR) is 126 cm³/mol. The summed E-state index contributed by atoms with van der Waals surface area (Å²) in [6, 6.07) is 3.90. The summed E-state index contributed by atoms with van der Waals surface area (Å²) in [6.45, 7) is 3.92. The van der Waals surface area contributed by atoms with E-state index in [0.717, 1.165) is 62.2 Å². The van der Waals surface area contributed by atoms with Gasteiger partial charge in [0.2, 0.25) is 5.95 Å². The second kappa shape index (κ2) is 10.7. The molecule has 2 N–H and O–H groups in total. The molecule has 0 bridgehead atoms. The number of aryl methyl sites for hydroxylation is 1. The Labute approximate surface area is 200 Å². The van der Waals surface area contributed by atoms with Crippen molar-refractivity contribution < 1.29 is 22.8 Å². The highest BCUT2D eigenvalue weighted by molar-refractivity contribution is 5.81. The van der Waals surface area contributed by atoms with Crippen molar-refractivity contribution in [2.45, 2.75) is 26.2 Å². The van der Waals surface area contributed by atoms with E-state index in [1.165, 1.54) is 0 Å². The third-order valence-electron chi connectivity index (χ3n) is 6.21. The van der Waals surface area contributed by atoms with Gasteiger partial charge >= 0.3 is 0 Å². The highest BCUT2D eigenvalue weighted by Gasteiger charge is 2.22. The number of rotatable bonds is 7. The monoisotopic (exact) mass is 487 g/mol. The first-order chi connectivity index (χ1) is 16.9. The quantitative estimate of drug-likeness (QED) is 0.202. The molecule has 184 valence electrons. The lowest BCUT2D eigenvalue weighted by Crippen LogP contribution is -2.37. The van der Waals surface area contributed by atoms with Crippen LogP contribution in [0.1, 0.15) is 30.9 Å². The zero-order valence-corrected chi connectivity index (χ0v) is 19.1. The van der Waals surface area contributed by atoms with E-state index in [-0.39, 0.29) is 22.7 Å². The lowest BCUT2D eigenvalue weighted by Gasteiger charge is -2.32. The summed E-state index contributed by atoms with van der Waals surface area (Å²) in [6.07, 6.45) is 6.77. The number of nitrogens with one attached hydrogen (secondary N) is 1. The summed E-state index contributed by atoms with van der Waals surface area (Å²) in [5.74, 6) is -2.85. The van der Waals surface area contributed by atoms with Crippen molar-refractivity contribution in [3.8, 4) is 11.1 Å². The number of anilines is 2. The first-order valence-corrected chi connectivity index (χ1v) is 11.3. The van der Waals surface area contributed by atoms with Crippen LogP contribution in [0.25, 0.3) is 11.1 Å². The Morgan fingerprint density at radius 2 is 1.51 bits per heavy atom. The Morgan fingerprint density at radius 1 is 0.971 bits per heavy atom. The van der Waals surface area contributed by atoms with Crippen LogP contribution in [-0.2, 0) is 6.42 Å². The highest BCUT2D eigenvalue weighted by Crippen LogP contribution is 2.30. The average molecular weight is 488 g/mol. The second-order valence-electron chi connectivity index (χ2n) is 8.47. The molecule has 1 fully saturated rings. The molecule has 10 heteroatoms. The van der Waals surface area contributed by atoms with Gasteiger partial charge in [0.1, 0.15) is 29.0 Å². The van der Waals surface area contributed by atoms with Crippen LogP contribution in [0, 0.1) is 29.2 Å². The standard InChI is InChI=1S/C25H25F4N5O/c1-2-15-11-31-25(32-12-15)34-5-3-16(4-6-34)13-30-24-22(28)9-18(10-23(24)29)17-7-20(26)19(14-33-35)21(27)8-17/h7-12,14,16,30,35H,2-6,13H2,1H3/b33-14+. The first kappa shape index (κ1) is 24.4. The Balaban J connectivity index is 1.39. The number of piperidine rings is 1. The van der Waals surface area contributed by atoms with Crippen LogP contribution in [0.15, 0.2) is 41.8 Å². The van der Waals surface area contributed by atoms with Gasteiger partial charge in [0.25, 0.3) is 0 Å². The molecule has 1 aliphatic rings. The Hall–Kier alpha value is -3.69. The molecule has 6 nitrogen and oxygen atoms in total. The van der Waals surface area contributed by atoms with Crippen LogP contribution in [0.3, 0.4) is 0 Å². The van der Waals surface area contributed by atoms with E-state index in [1.807, 2.05) is 19.3 Å². The average Bonchev–Trinajstić information content (AvgIpc) is 2.86. The van der Waals surface area contributed by atoms with Crippen LogP contribution in [-0.4, -0.2) is 41.0 Å². The lowest BCUT2D eigenvalue weighted by molar-refractivity contribution is 0.321. The molecule has 0 atom stereocenters. The number of benzene rings is 2. The van der Waals surface area contributed by atoms with Crippen LogP contribution >= 0.6 is 0 Å². The van der Waals surface area contributed by atoms with E-state index in [4.69, 9.17) is 5.21 Å². The van der Waals surface area contributed by atoms with E-state index in [9.17, 15) is 17.6 Å². The molecule has 35 heavy (non-hydrogen) atoms. The minimum absolute atomic E-state index is 0.0155. The maximum Gasteiger partial charge on any atom is 0.225 e. The molecule has 1 aliphatic heterocycles. The van der Waals surface area contributed by atoms with Crippen molar-refractivity contribution in [3.63, 3.8) is 0 Å². The number of halogens is 4. The van der Waals surface area contributed by atoms with Gasteiger partial charge < -0.3 is 15.4 Å². The van der Waals surface area contributed by atoms with Gasteiger partial charge in [0, 0.05) is 32.0 Å². The van der Waals surface area contributed by atoms with Gasteiger partial charge in [0.05, 0.1) is 11.8 Å². The molecule has 4 rings (SSSR count). The molecular weight excluding hydrogens is 462 g/mol. The Bertz CT molecular complexity index is 1160. The number of hydrogen-bond donors (Lipinski definition) is 2. The zero-order chi connectivity index (χ0) is 24.9. The molecule has 1 saturated heterocycles. The number of nitrogens with zero attached hydrogens (tertiary/aromatic N) is 4. The Morgan fingerprint density at radius 3 is 2.03 bits per heavy atom. The number of hydrogen-bond acceptors (Lipinski definition) is 6. The lowest BCUT2D eigenvalue weighted by atomic mass is 9.96. The molecular formula is C25H25F4N5O. The fourth-order valence-corrected chi connectivity index (χ4v) is 4.12. The normalized spacial score (nSPS) is 14.6. The molecule has 0 unspecified atom stereocenters. The summed E-state index contributed by atoms with van der Waals surface area (Å²) in [5.41, 5.74) is 0.191. The fraction of sp³-hybridized carbons (Fsp3) is 0.320. The van der Waals surface area contributed by atoms with Crippen molar-refractivity contribution in [1.82, 2.24) is 9.97 Å². The summed E-state index contributed by atoms with van der Waals surface area (Å²) in [4.78, 5) is 10.9. The van der Waals surface area contributed by atoms with E-state index >= 15 is 0 Å². The largest absolute Gasteiger partial charge is 0.411 e. The van der Waals surface area contributed by atoms with Crippen molar-refractivity contribution in [1.29, 1.82) is 0 Å². The molecule has 0 amide bonds. The van der Waals surface area contributed by atoms with Gasteiger partial charge in [-0.3, -0.25) is 0 Å². The summed E-state index contributed by atoms with van der Waals surface area (Å²) >= 11 is 0. The van der Waals surface area contributed by atoms with E-state index in [2.05, 4.69) is 25.3 Å². The predicted octanol–water partition coefficient (Wildman–Crippen LogP) is 5.40.